The number of nitrogens with two attached hydrogens (primary N) is 1. The highest BCUT2D eigenvalue weighted by molar-refractivity contribution is 9.10. The van der Waals surface area contributed by atoms with E-state index in [0.717, 1.165) is 46.7 Å². The van der Waals surface area contributed by atoms with Gasteiger partial charge < -0.3 is 10.8 Å². The molecule has 2 aromatic carbocycles. The van der Waals surface area contributed by atoms with Crippen LogP contribution in [-0.4, -0.2) is 29.0 Å². The Bertz CT molecular complexity index is 709. The summed E-state index contributed by atoms with van der Waals surface area (Å²) in [7, 11) is 0. The van der Waals surface area contributed by atoms with E-state index in [1.165, 1.54) is 0 Å². The molecule has 1 aliphatic heterocycles. The molecule has 22 heavy (non-hydrogen) atoms. The van der Waals surface area contributed by atoms with Crippen molar-refractivity contribution in [3.8, 4) is 5.75 Å². The van der Waals surface area contributed by atoms with Crippen molar-refractivity contribution in [2.75, 3.05) is 13.1 Å². The van der Waals surface area contributed by atoms with Gasteiger partial charge >= 0.3 is 0 Å². The van der Waals surface area contributed by atoms with Crippen molar-refractivity contribution < 1.29 is 9.90 Å². The normalized spacial score (nSPS) is 17.0. The lowest BCUT2D eigenvalue weighted by atomic mass is 9.95. The fourth-order valence-electron chi connectivity index (χ4n) is 3.12. The molecular weight excluding hydrogens is 344 g/mol. The van der Waals surface area contributed by atoms with Crippen LogP contribution in [0.4, 0.5) is 0 Å². The van der Waals surface area contributed by atoms with E-state index in [4.69, 9.17) is 5.73 Å². The number of piperidine rings is 1. The first-order valence-corrected chi connectivity index (χ1v) is 8.25. The van der Waals surface area contributed by atoms with Crippen molar-refractivity contribution in [3.63, 3.8) is 0 Å². The van der Waals surface area contributed by atoms with Crippen LogP contribution in [0.2, 0.25) is 0 Å². The summed E-state index contributed by atoms with van der Waals surface area (Å²) in [6.07, 6.45) is 1.60. The zero-order chi connectivity index (χ0) is 15.7. The summed E-state index contributed by atoms with van der Waals surface area (Å²) in [6.45, 7) is 2.36. The number of hydrogen-bond acceptors (Lipinski definition) is 3. The summed E-state index contributed by atoms with van der Waals surface area (Å²) in [5.74, 6) is 0.123. The monoisotopic (exact) mass is 362 g/mol. The zero-order valence-corrected chi connectivity index (χ0v) is 13.8. The maximum absolute atomic E-state index is 11.2. The Morgan fingerprint density at radius 1 is 1.27 bits per heavy atom. The summed E-state index contributed by atoms with van der Waals surface area (Å²) in [4.78, 5) is 13.5. The molecule has 3 N–H and O–H groups in total. The number of likely N-dealkylation sites (tertiary alicyclic amines) is 1. The van der Waals surface area contributed by atoms with Crippen LogP contribution in [0.1, 0.15) is 18.4 Å². The van der Waals surface area contributed by atoms with Gasteiger partial charge in [0.25, 0.3) is 0 Å². The maximum atomic E-state index is 11.2. The number of rotatable bonds is 3. The number of fused-ring (bicyclic) bond motifs is 1. The predicted octanol–water partition coefficient (Wildman–Crippen LogP) is 3.01. The molecule has 1 fully saturated rings. The number of primary amides is 1. The van der Waals surface area contributed by atoms with Gasteiger partial charge in [0.05, 0.1) is 0 Å². The molecule has 0 aliphatic carbocycles. The lowest BCUT2D eigenvalue weighted by Gasteiger charge is -2.31. The van der Waals surface area contributed by atoms with Crippen molar-refractivity contribution in [1.29, 1.82) is 0 Å². The average molecular weight is 363 g/mol. The van der Waals surface area contributed by atoms with Gasteiger partial charge in [-0.15, -0.1) is 0 Å². The van der Waals surface area contributed by atoms with Crippen LogP contribution >= 0.6 is 15.9 Å². The topological polar surface area (TPSA) is 66.6 Å². The highest BCUT2D eigenvalue weighted by Crippen LogP contribution is 2.31. The Labute approximate surface area is 138 Å². The average Bonchev–Trinajstić information content (AvgIpc) is 2.50. The van der Waals surface area contributed by atoms with Gasteiger partial charge in [0.1, 0.15) is 5.75 Å². The molecule has 1 aliphatic rings. The number of nitrogens with zero attached hydrogens (tertiary/aromatic N) is 1. The van der Waals surface area contributed by atoms with E-state index < -0.39 is 0 Å². The molecule has 0 atom stereocenters. The Kier molecular flexibility index (Phi) is 4.36. The van der Waals surface area contributed by atoms with Gasteiger partial charge in [0, 0.05) is 22.5 Å². The summed E-state index contributed by atoms with van der Waals surface area (Å²) in [5.41, 5.74) is 6.32. The summed E-state index contributed by atoms with van der Waals surface area (Å²) >= 11 is 3.48. The molecule has 5 heteroatoms. The summed E-state index contributed by atoms with van der Waals surface area (Å²) < 4.78 is 1.03. The molecule has 1 heterocycles. The minimum absolute atomic E-state index is 0.00619. The van der Waals surface area contributed by atoms with Gasteiger partial charge in [-0.05, 0) is 54.9 Å². The van der Waals surface area contributed by atoms with Crippen LogP contribution in [0.25, 0.3) is 10.8 Å². The molecule has 3 rings (SSSR count). The molecule has 2 aromatic rings. The molecule has 1 saturated heterocycles. The van der Waals surface area contributed by atoms with Gasteiger partial charge in [0.15, 0.2) is 0 Å². The van der Waals surface area contributed by atoms with E-state index in [2.05, 4.69) is 26.9 Å². The van der Waals surface area contributed by atoms with Crippen molar-refractivity contribution in [1.82, 2.24) is 4.90 Å². The number of halogens is 1. The molecule has 116 valence electrons. The largest absolute Gasteiger partial charge is 0.508 e. The van der Waals surface area contributed by atoms with Crippen molar-refractivity contribution in [3.05, 3.63) is 40.4 Å². The van der Waals surface area contributed by atoms with Gasteiger partial charge in [-0.25, -0.2) is 0 Å². The Morgan fingerprint density at radius 2 is 2.00 bits per heavy atom. The SMILES string of the molecule is NC(=O)C1CCN(Cc2c(O)ccc3cc(Br)ccc23)CC1. The number of hydrogen-bond donors (Lipinski definition) is 2. The molecule has 4 nitrogen and oxygen atoms in total. The number of phenols is 1. The summed E-state index contributed by atoms with van der Waals surface area (Å²) in [5, 5.41) is 12.4. The standard InChI is InChI=1S/C17H19BrN2O2/c18-13-2-3-14-12(9-13)1-4-16(21)15(14)10-20-7-5-11(6-8-20)17(19)22/h1-4,9,11,21H,5-8,10H2,(H2,19,22). The molecule has 0 spiro atoms. The number of carbonyl (C=O) groups excluding carboxylic acids is 1. The number of amides is 1. The molecule has 0 radical (unpaired) electrons. The van der Waals surface area contributed by atoms with Crippen LogP contribution in [0.15, 0.2) is 34.8 Å². The van der Waals surface area contributed by atoms with E-state index in [-0.39, 0.29) is 11.8 Å². The number of phenolic OH excluding ortho intramolecular Hbond substituents is 1. The van der Waals surface area contributed by atoms with Crippen molar-refractivity contribution in [2.24, 2.45) is 11.7 Å². The molecule has 1 amide bonds. The fraction of sp³-hybridized carbons (Fsp3) is 0.353. The first kappa shape index (κ1) is 15.3. The summed E-state index contributed by atoms with van der Waals surface area (Å²) in [6, 6.07) is 9.76. The Morgan fingerprint density at radius 3 is 2.68 bits per heavy atom. The molecule has 0 aromatic heterocycles. The Balaban J connectivity index is 1.82. The highest BCUT2D eigenvalue weighted by atomic mass is 79.9. The van der Waals surface area contributed by atoms with Gasteiger partial charge in [-0.3, -0.25) is 9.69 Å². The molecule has 0 saturated carbocycles. The minimum Gasteiger partial charge on any atom is -0.508 e. The van der Waals surface area contributed by atoms with Gasteiger partial charge in [-0.1, -0.05) is 28.1 Å². The smallest absolute Gasteiger partial charge is 0.220 e. The third-order valence-corrected chi connectivity index (χ3v) is 4.93. The highest BCUT2D eigenvalue weighted by Gasteiger charge is 2.24. The second kappa shape index (κ2) is 6.26. The number of aromatic hydroxyl groups is 1. The zero-order valence-electron chi connectivity index (χ0n) is 12.3. The van der Waals surface area contributed by atoms with E-state index in [0.29, 0.717) is 12.3 Å². The van der Waals surface area contributed by atoms with E-state index in [1.807, 2.05) is 18.2 Å². The van der Waals surface area contributed by atoms with E-state index in [9.17, 15) is 9.90 Å². The number of carbonyl (C=O) groups is 1. The van der Waals surface area contributed by atoms with E-state index >= 15 is 0 Å². The van der Waals surface area contributed by atoms with E-state index in [1.54, 1.807) is 6.07 Å². The lowest BCUT2D eigenvalue weighted by Crippen LogP contribution is -2.38. The van der Waals surface area contributed by atoms with Crippen molar-refractivity contribution >= 4 is 32.6 Å². The quantitative estimate of drug-likeness (QED) is 0.881. The van der Waals surface area contributed by atoms with Gasteiger partial charge in [-0.2, -0.15) is 0 Å². The second-order valence-corrected chi connectivity index (χ2v) is 6.80. The molecule has 0 unspecified atom stereocenters. The second-order valence-electron chi connectivity index (χ2n) is 5.88. The van der Waals surface area contributed by atoms with Crippen LogP contribution in [0.3, 0.4) is 0 Å². The van der Waals surface area contributed by atoms with Crippen LogP contribution < -0.4 is 5.73 Å². The maximum Gasteiger partial charge on any atom is 0.220 e. The van der Waals surface area contributed by atoms with Crippen LogP contribution in [0.5, 0.6) is 5.75 Å². The van der Waals surface area contributed by atoms with Crippen molar-refractivity contribution in [2.45, 2.75) is 19.4 Å². The third-order valence-electron chi connectivity index (χ3n) is 4.44. The molecular formula is C17H19BrN2O2. The Hall–Kier alpha value is -1.59. The third kappa shape index (κ3) is 3.10. The van der Waals surface area contributed by atoms with Crippen LogP contribution in [0, 0.1) is 5.92 Å². The minimum atomic E-state index is -0.197. The van der Waals surface area contributed by atoms with Crippen LogP contribution in [-0.2, 0) is 11.3 Å². The first-order chi connectivity index (χ1) is 10.5. The fourth-order valence-corrected chi connectivity index (χ4v) is 3.50. The first-order valence-electron chi connectivity index (χ1n) is 7.46. The molecule has 0 bridgehead atoms. The lowest BCUT2D eigenvalue weighted by molar-refractivity contribution is -0.123. The van der Waals surface area contributed by atoms with Gasteiger partial charge in [0.2, 0.25) is 5.91 Å². The predicted molar refractivity (Wildman–Crippen MR) is 90.5 cm³/mol. The number of benzene rings is 2.